The monoisotopic (exact) mass is 283 g/mol. The quantitative estimate of drug-likeness (QED) is 0.688. The predicted molar refractivity (Wildman–Crippen MR) is 69.9 cm³/mol. The topological polar surface area (TPSA) is 77.7 Å². The zero-order chi connectivity index (χ0) is 14.4. The molecular formula is C13H21N3O4. The van der Waals surface area contributed by atoms with E-state index in [1.54, 1.807) is 6.92 Å². The van der Waals surface area contributed by atoms with Gasteiger partial charge in [0.1, 0.15) is 0 Å². The van der Waals surface area contributed by atoms with Gasteiger partial charge in [-0.05, 0) is 12.8 Å². The van der Waals surface area contributed by atoms with Gasteiger partial charge in [-0.15, -0.1) is 10.2 Å². The van der Waals surface area contributed by atoms with Gasteiger partial charge in [-0.3, -0.25) is 9.69 Å². The van der Waals surface area contributed by atoms with Crippen LogP contribution < -0.4 is 0 Å². The Morgan fingerprint density at radius 2 is 2.35 bits per heavy atom. The fourth-order valence-corrected chi connectivity index (χ4v) is 2.26. The zero-order valence-electron chi connectivity index (χ0n) is 12.0. The Morgan fingerprint density at radius 3 is 2.95 bits per heavy atom. The summed E-state index contributed by atoms with van der Waals surface area (Å²) >= 11 is 0. The van der Waals surface area contributed by atoms with Crippen LogP contribution in [-0.4, -0.2) is 54.0 Å². The summed E-state index contributed by atoms with van der Waals surface area (Å²) in [5.74, 6) is 0.888. The molecule has 0 spiro atoms. The fourth-order valence-electron chi connectivity index (χ4n) is 2.26. The van der Waals surface area contributed by atoms with Crippen molar-refractivity contribution in [2.45, 2.75) is 38.8 Å². The molecule has 112 valence electrons. The second kappa shape index (κ2) is 7.35. The Labute approximate surface area is 118 Å². The standard InChI is InChI=1S/C13H21N3O4/c1-10-14-15-12(20-10)9-16(6-5-13(17)18-2)8-11-4-3-7-19-11/h11H,3-9H2,1-2H3. The normalized spacial score (nSPS) is 18.6. The molecule has 1 saturated heterocycles. The van der Waals surface area contributed by atoms with E-state index in [0.717, 1.165) is 26.0 Å². The van der Waals surface area contributed by atoms with Crippen molar-refractivity contribution in [2.24, 2.45) is 0 Å². The number of carbonyl (C=O) groups excluding carboxylic acids is 1. The molecule has 1 aliphatic heterocycles. The van der Waals surface area contributed by atoms with Gasteiger partial charge in [0.15, 0.2) is 0 Å². The smallest absolute Gasteiger partial charge is 0.306 e. The second-order valence-electron chi connectivity index (χ2n) is 4.91. The van der Waals surface area contributed by atoms with Crippen LogP contribution in [0, 0.1) is 6.92 Å². The summed E-state index contributed by atoms with van der Waals surface area (Å²) < 4.78 is 15.7. The van der Waals surface area contributed by atoms with Gasteiger partial charge in [-0.25, -0.2) is 0 Å². The summed E-state index contributed by atoms with van der Waals surface area (Å²) in [5.41, 5.74) is 0. The molecule has 2 rings (SSSR count). The van der Waals surface area contributed by atoms with Crippen LogP contribution in [-0.2, 0) is 20.8 Å². The highest BCUT2D eigenvalue weighted by atomic mass is 16.5. The number of aromatic nitrogens is 2. The lowest BCUT2D eigenvalue weighted by molar-refractivity contribution is -0.141. The van der Waals surface area contributed by atoms with E-state index in [1.807, 2.05) is 0 Å². The molecule has 1 fully saturated rings. The average molecular weight is 283 g/mol. The predicted octanol–water partition coefficient (Wildman–Crippen LogP) is 0.922. The van der Waals surface area contributed by atoms with Gasteiger partial charge in [0.05, 0.1) is 26.2 Å². The summed E-state index contributed by atoms with van der Waals surface area (Å²) in [7, 11) is 1.40. The Hall–Kier alpha value is -1.47. The average Bonchev–Trinajstić information content (AvgIpc) is 3.07. The molecule has 20 heavy (non-hydrogen) atoms. The molecule has 1 aliphatic rings. The number of nitrogens with zero attached hydrogens (tertiary/aromatic N) is 3. The van der Waals surface area contributed by atoms with E-state index < -0.39 is 0 Å². The minimum absolute atomic E-state index is 0.218. The molecular weight excluding hydrogens is 262 g/mol. The van der Waals surface area contributed by atoms with Gasteiger partial charge in [-0.1, -0.05) is 0 Å². The molecule has 0 amide bonds. The first-order valence-electron chi connectivity index (χ1n) is 6.87. The molecule has 7 heteroatoms. The fraction of sp³-hybridized carbons (Fsp3) is 0.769. The van der Waals surface area contributed by atoms with E-state index in [-0.39, 0.29) is 12.1 Å². The number of carbonyl (C=O) groups is 1. The lowest BCUT2D eigenvalue weighted by atomic mass is 10.2. The van der Waals surface area contributed by atoms with Crippen molar-refractivity contribution in [3.05, 3.63) is 11.8 Å². The number of hydrogen-bond acceptors (Lipinski definition) is 7. The Kier molecular flexibility index (Phi) is 5.49. The minimum atomic E-state index is -0.218. The molecule has 0 aliphatic carbocycles. The summed E-state index contributed by atoms with van der Waals surface area (Å²) in [5, 5.41) is 7.81. The Bertz CT molecular complexity index is 429. The third kappa shape index (κ3) is 4.57. The molecule has 0 N–H and O–H groups in total. The molecule has 0 aromatic carbocycles. The van der Waals surface area contributed by atoms with Crippen LogP contribution in [0.15, 0.2) is 4.42 Å². The van der Waals surface area contributed by atoms with Gasteiger partial charge < -0.3 is 13.9 Å². The highest BCUT2D eigenvalue weighted by Gasteiger charge is 2.21. The zero-order valence-corrected chi connectivity index (χ0v) is 12.0. The van der Waals surface area contributed by atoms with Crippen LogP contribution in [0.3, 0.4) is 0 Å². The van der Waals surface area contributed by atoms with Crippen molar-refractivity contribution in [2.75, 3.05) is 26.8 Å². The molecule has 0 radical (unpaired) electrons. The second-order valence-corrected chi connectivity index (χ2v) is 4.91. The van der Waals surface area contributed by atoms with Crippen molar-refractivity contribution < 1.29 is 18.7 Å². The number of ether oxygens (including phenoxy) is 2. The van der Waals surface area contributed by atoms with Gasteiger partial charge in [0.25, 0.3) is 0 Å². The lowest BCUT2D eigenvalue weighted by Crippen LogP contribution is -2.33. The van der Waals surface area contributed by atoms with Gasteiger partial charge in [0, 0.05) is 26.6 Å². The first-order chi connectivity index (χ1) is 9.67. The van der Waals surface area contributed by atoms with E-state index in [2.05, 4.69) is 19.8 Å². The van der Waals surface area contributed by atoms with Gasteiger partial charge in [0.2, 0.25) is 11.8 Å². The number of aryl methyl sites for hydroxylation is 1. The van der Waals surface area contributed by atoms with Crippen LogP contribution in [0.4, 0.5) is 0 Å². The maximum atomic E-state index is 11.3. The van der Waals surface area contributed by atoms with Crippen LogP contribution in [0.2, 0.25) is 0 Å². The number of methoxy groups -OCH3 is 1. The maximum absolute atomic E-state index is 11.3. The SMILES string of the molecule is COC(=O)CCN(Cc1nnc(C)o1)CC1CCCO1. The van der Waals surface area contributed by atoms with E-state index in [9.17, 15) is 4.79 Å². The number of hydrogen-bond donors (Lipinski definition) is 0. The summed E-state index contributed by atoms with van der Waals surface area (Å²) in [6.07, 6.45) is 2.71. The molecule has 2 heterocycles. The molecule has 0 bridgehead atoms. The summed E-state index contributed by atoms with van der Waals surface area (Å²) in [4.78, 5) is 13.4. The summed E-state index contributed by atoms with van der Waals surface area (Å²) in [6, 6.07) is 0. The highest BCUT2D eigenvalue weighted by molar-refractivity contribution is 5.69. The number of esters is 1. The lowest BCUT2D eigenvalue weighted by Gasteiger charge is -2.23. The molecule has 1 unspecified atom stereocenters. The van der Waals surface area contributed by atoms with Crippen LogP contribution in [0.5, 0.6) is 0 Å². The van der Waals surface area contributed by atoms with Gasteiger partial charge >= 0.3 is 5.97 Å². The largest absolute Gasteiger partial charge is 0.469 e. The van der Waals surface area contributed by atoms with E-state index >= 15 is 0 Å². The van der Waals surface area contributed by atoms with Crippen LogP contribution >= 0.6 is 0 Å². The van der Waals surface area contributed by atoms with Gasteiger partial charge in [-0.2, -0.15) is 0 Å². The minimum Gasteiger partial charge on any atom is -0.469 e. The Balaban J connectivity index is 1.89. The first kappa shape index (κ1) is 14.9. The third-order valence-electron chi connectivity index (χ3n) is 3.27. The molecule has 1 atom stereocenters. The van der Waals surface area contributed by atoms with E-state index in [1.165, 1.54) is 7.11 Å². The molecule has 0 saturated carbocycles. The third-order valence-corrected chi connectivity index (χ3v) is 3.27. The van der Waals surface area contributed by atoms with Crippen molar-refractivity contribution in [1.82, 2.24) is 15.1 Å². The maximum Gasteiger partial charge on any atom is 0.306 e. The summed E-state index contributed by atoms with van der Waals surface area (Å²) in [6.45, 7) is 4.45. The van der Waals surface area contributed by atoms with Crippen molar-refractivity contribution in [3.8, 4) is 0 Å². The van der Waals surface area contributed by atoms with Crippen LogP contribution in [0.25, 0.3) is 0 Å². The van der Waals surface area contributed by atoms with Crippen LogP contribution in [0.1, 0.15) is 31.0 Å². The molecule has 7 nitrogen and oxygen atoms in total. The molecule has 1 aromatic rings. The highest BCUT2D eigenvalue weighted by Crippen LogP contribution is 2.15. The van der Waals surface area contributed by atoms with E-state index in [0.29, 0.717) is 31.3 Å². The van der Waals surface area contributed by atoms with Crippen molar-refractivity contribution in [1.29, 1.82) is 0 Å². The molecule has 1 aromatic heterocycles. The van der Waals surface area contributed by atoms with Crippen molar-refractivity contribution in [3.63, 3.8) is 0 Å². The van der Waals surface area contributed by atoms with Crippen molar-refractivity contribution >= 4 is 5.97 Å². The number of rotatable bonds is 7. The Morgan fingerprint density at radius 1 is 1.50 bits per heavy atom. The van der Waals surface area contributed by atoms with E-state index in [4.69, 9.17) is 9.15 Å². The first-order valence-corrected chi connectivity index (χ1v) is 6.87.